The SMILES string of the molecule is COC(=O)[C@@H]1[C@H]2CC[C@H](C2)[C@@H]1NCc1ccc(F)cc1. The van der Waals surface area contributed by atoms with Crippen molar-refractivity contribution in [2.45, 2.75) is 31.8 Å². The molecule has 1 aromatic rings. The van der Waals surface area contributed by atoms with Crippen LogP contribution in [-0.2, 0) is 16.1 Å². The summed E-state index contributed by atoms with van der Waals surface area (Å²) in [5.74, 6) is 0.719. The lowest BCUT2D eigenvalue weighted by Gasteiger charge is -2.30. The molecule has 0 spiro atoms. The van der Waals surface area contributed by atoms with Crippen LogP contribution in [0.5, 0.6) is 0 Å². The minimum absolute atomic E-state index is 0.0146. The highest BCUT2D eigenvalue weighted by molar-refractivity contribution is 5.74. The van der Waals surface area contributed by atoms with Crippen LogP contribution in [0, 0.1) is 23.6 Å². The maximum Gasteiger partial charge on any atom is 0.310 e. The van der Waals surface area contributed by atoms with Gasteiger partial charge in [0.25, 0.3) is 0 Å². The Morgan fingerprint density at radius 3 is 2.70 bits per heavy atom. The fourth-order valence-electron chi connectivity index (χ4n) is 3.90. The van der Waals surface area contributed by atoms with Crippen molar-refractivity contribution < 1.29 is 13.9 Å². The summed E-state index contributed by atoms with van der Waals surface area (Å²) in [7, 11) is 1.46. The van der Waals surface area contributed by atoms with Crippen LogP contribution >= 0.6 is 0 Å². The molecule has 2 saturated carbocycles. The molecular weight excluding hydrogens is 257 g/mol. The highest BCUT2D eigenvalue weighted by atomic mass is 19.1. The maximum absolute atomic E-state index is 12.9. The molecule has 4 heteroatoms. The Kier molecular flexibility index (Phi) is 3.74. The standard InChI is InChI=1S/C16H20FNO2/c1-20-16(19)14-11-4-5-12(8-11)15(14)18-9-10-2-6-13(17)7-3-10/h2-3,6-7,11-12,14-15,18H,4-5,8-9H2,1H3/t11-,12+,14+,15-/m0/s1. The summed E-state index contributed by atoms with van der Waals surface area (Å²) in [6.07, 6.45) is 3.46. The second-order valence-corrected chi connectivity index (χ2v) is 5.92. The van der Waals surface area contributed by atoms with Crippen molar-refractivity contribution in [1.82, 2.24) is 5.32 Å². The minimum Gasteiger partial charge on any atom is -0.469 e. The molecule has 0 heterocycles. The number of nitrogens with one attached hydrogen (secondary N) is 1. The molecule has 0 aromatic heterocycles. The van der Waals surface area contributed by atoms with E-state index in [1.54, 1.807) is 12.1 Å². The molecule has 2 bridgehead atoms. The number of hydrogen-bond donors (Lipinski definition) is 1. The third kappa shape index (κ3) is 2.44. The van der Waals surface area contributed by atoms with Gasteiger partial charge in [-0.05, 0) is 48.8 Å². The average Bonchev–Trinajstić information content (AvgIpc) is 3.06. The van der Waals surface area contributed by atoms with Gasteiger partial charge in [-0.15, -0.1) is 0 Å². The number of ether oxygens (including phenoxy) is 1. The molecule has 1 N–H and O–H groups in total. The van der Waals surface area contributed by atoms with E-state index in [2.05, 4.69) is 5.32 Å². The van der Waals surface area contributed by atoms with Crippen LogP contribution in [0.25, 0.3) is 0 Å². The van der Waals surface area contributed by atoms with E-state index in [-0.39, 0.29) is 23.7 Å². The molecule has 20 heavy (non-hydrogen) atoms. The van der Waals surface area contributed by atoms with Crippen LogP contribution in [0.3, 0.4) is 0 Å². The summed E-state index contributed by atoms with van der Waals surface area (Å²) in [6.45, 7) is 0.668. The summed E-state index contributed by atoms with van der Waals surface area (Å²) in [4.78, 5) is 12.0. The fourth-order valence-corrected chi connectivity index (χ4v) is 3.90. The van der Waals surface area contributed by atoms with E-state index in [1.165, 1.54) is 25.7 Å². The third-order valence-electron chi connectivity index (χ3n) is 4.84. The Morgan fingerprint density at radius 1 is 1.30 bits per heavy atom. The minimum atomic E-state index is -0.221. The summed E-state index contributed by atoms with van der Waals surface area (Å²) >= 11 is 0. The molecule has 2 aliphatic rings. The first kappa shape index (κ1) is 13.6. The van der Waals surface area contributed by atoms with E-state index in [4.69, 9.17) is 4.74 Å². The predicted octanol–water partition coefficient (Wildman–Crippen LogP) is 2.50. The Bertz CT molecular complexity index is 488. The predicted molar refractivity (Wildman–Crippen MR) is 73.4 cm³/mol. The smallest absolute Gasteiger partial charge is 0.310 e. The van der Waals surface area contributed by atoms with Crippen LogP contribution in [0.4, 0.5) is 4.39 Å². The molecule has 0 radical (unpaired) electrons. The molecule has 0 amide bonds. The average molecular weight is 277 g/mol. The zero-order chi connectivity index (χ0) is 14.1. The topological polar surface area (TPSA) is 38.3 Å². The molecule has 0 unspecified atom stereocenters. The fraction of sp³-hybridized carbons (Fsp3) is 0.562. The lowest BCUT2D eigenvalue weighted by atomic mass is 9.84. The van der Waals surface area contributed by atoms with E-state index in [1.807, 2.05) is 0 Å². The van der Waals surface area contributed by atoms with Gasteiger partial charge in [-0.25, -0.2) is 4.39 Å². The van der Waals surface area contributed by atoms with Crippen LogP contribution < -0.4 is 5.32 Å². The molecule has 108 valence electrons. The van der Waals surface area contributed by atoms with Gasteiger partial charge in [-0.2, -0.15) is 0 Å². The van der Waals surface area contributed by atoms with Gasteiger partial charge in [0.15, 0.2) is 0 Å². The highest BCUT2D eigenvalue weighted by Crippen LogP contribution is 2.48. The lowest BCUT2D eigenvalue weighted by molar-refractivity contribution is -0.148. The molecule has 2 fully saturated rings. The van der Waals surface area contributed by atoms with E-state index >= 15 is 0 Å². The second kappa shape index (κ2) is 5.52. The van der Waals surface area contributed by atoms with Crippen molar-refractivity contribution in [1.29, 1.82) is 0 Å². The van der Waals surface area contributed by atoms with Crippen molar-refractivity contribution >= 4 is 5.97 Å². The molecular formula is C16H20FNO2. The first-order chi connectivity index (χ1) is 9.69. The second-order valence-electron chi connectivity index (χ2n) is 5.92. The van der Waals surface area contributed by atoms with Crippen LogP contribution in [0.1, 0.15) is 24.8 Å². The van der Waals surface area contributed by atoms with E-state index in [0.29, 0.717) is 18.4 Å². The van der Waals surface area contributed by atoms with E-state index < -0.39 is 0 Å². The van der Waals surface area contributed by atoms with Gasteiger partial charge < -0.3 is 10.1 Å². The van der Waals surface area contributed by atoms with Gasteiger partial charge >= 0.3 is 5.97 Å². The largest absolute Gasteiger partial charge is 0.469 e. The Morgan fingerprint density at radius 2 is 2.00 bits per heavy atom. The molecule has 2 aliphatic carbocycles. The molecule has 1 aromatic carbocycles. The zero-order valence-electron chi connectivity index (χ0n) is 11.6. The number of benzene rings is 1. The molecule has 0 saturated heterocycles. The van der Waals surface area contributed by atoms with Gasteiger partial charge in [-0.3, -0.25) is 4.79 Å². The number of fused-ring (bicyclic) bond motifs is 2. The Labute approximate surface area is 118 Å². The maximum atomic E-state index is 12.9. The number of esters is 1. The first-order valence-corrected chi connectivity index (χ1v) is 7.24. The van der Waals surface area contributed by atoms with E-state index in [9.17, 15) is 9.18 Å². The number of rotatable bonds is 4. The highest BCUT2D eigenvalue weighted by Gasteiger charge is 2.51. The summed E-state index contributed by atoms with van der Waals surface area (Å²) in [5.41, 5.74) is 1.04. The van der Waals surface area contributed by atoms with Crippen molar-refractivity contribution in [3.63, 3.8) is 0 Å². The van der Waals surface area contributed by atoms with Crippen molar-refractivity contribution in [2.24, 2.45) is 17.8 Å². The van der Waals surface area contributed by atoms with E-state index in [0.717, 1.165) is 18.4 Å². The van der Waals surface area contributed by atoms with Gasteiger partial charge in [0.05, 0.1) is 13.0 Å². The quantitative estimate of drug-likeness (QED) is 0.859. The van der Waals surface area contributed by atoms with Crippen LogP contribution in [0.2, 0.25) is 0 Å². The Hall–Kier alpha value is -1.42. The number of hydrogen-bond acceptors (Lipinski definition) is 3. The van der Waals surface area contributed by atoms with Gasteiger partial charge in [0.1, 0.15) is 5.82 Å². The summed E-state index contributed by atoms with van der Waals surface area (Å²) in [5, 5.41) is 3.49. The molecule has 3 rings (SSSR count). The number of methoxy groups -OCH3 is 1. The van der Waals surface area contributed by atoms with Crippen LogP contribution in [0.15, 0.2) is 24.3 Å². The van der Waals surface area contributed by atoms with Gasteiger partial charge in [0, 0.05) is 12.6 Å². The normalized spacial score (nSPS) is 31.5. The third-order valence-corrected chi connectivity index (χ3v) is 4.84. The van der Waals surface area contributed by atoms with Crippen molar-refractivity contribution in [2.75, 3.05) is 7.11 Å². The molecule has 0 aliphatic heterocycles. The number of carbonyl (C=O) groups is 1. The molecule has 3 nitrogen and oxygen atoms in total. The van der Waals surface area contributed by atoms with Crippen molar-refractivity contribution in [3.05, 3.63) is 35.6 Å². The summed E-state index contributed by atoms with van der Waals surface area (Å²) < 4.78 is 17.8. The first-order valence-electron chi connectivity index (χ1n) is 7.24. The number of carbonyl (C=O) groups excluding carboxylic acids is 1. The van der Waals surface area contributed by atoms with Gasteiger partial charge in [-0.1, -0.05) is 12.1 Å². The number of halogens is 1. The zero-order valence-corrected chi connectivity index (χ0v) is 11.6. The lowest BCUT2D eigenvalue weighted by Crippen LogP contribution is -2.44. The summed E-state index contributed by atoms with van der Waals surface area (Å²) in [6, 6.07) is 6.70. The van der Waals surface area contributed by atoms with Crippen molar-refractivity contribution in [3.8, 4) is 0 Å². The molecule has 4 atom stereocenters. The monoisotopic (exact) mass is 277 g/mol. The van der Waals surface area contributed by atoms with Crippen LogP contribution in [-0.4, -0.2) is 19.1 Å². The van der Waals surface area contributed by atoms with Gasteiger partial charge in [0.2, 0.25) is 0 Å². The Balaban J connectivity index is 1.66.